The third-order valence-electron chi connectivity index (χ3n) is 4.31. The zero-order valence-electron chi connectivity index (χ0n) is 14.8. The fourth-order valence-electron chi connectivity index (χ4n) is 3.15. The zero-order valence-corrected chi connectivity index (χ0v) is 16.4. The van der Waals surface area contributed by atoms with Gasteiger partial charge >= 0.3 is 0 Å². The molecule has 1 aromatic carbocycles. The number of carbonyl (C=O) groups is 1. The molecule has 140 valence electrons. The highest BCUT2D eigenvalue weighted by Crippen LogP contribution is 2.33. The van der Waals surface area contributed by atoms with Crippen LogP contribution in [0.15, 0.2) is 40.4 Å². The van der Waals surface area contributed by atoms with E-state index in [-0.39, 0.29) is 30.0 Å². The molecule has 27 heavy (non-hydrogen) atoms. The van der Waals surface area contributed by atoms with Crippen molar-refractivity contribution >= 4 is 40.3 Å². The third-order valence-corrected chi connectivity index (χ3v) is 5.66. The number of benzene rings is 1. The van der Waals surface area contributed by atoms with Gasteiger partial charge < -0.3 is 5.32 Å². The minimum Gasteiger partial charge on any atom is -0.354 e. The quantitative estimate of drug-likeness (QED) is 0.677. The second kappa shape index (κ2) is 7.01. The number of nitrogens with zero attached hydrogens (tertiary/aromatic N) is 4. The molecule has 7 nitrogen and oxygen atoms in total. The van der Waals surface area contributed by atoms with Gasteiger partial charge in [-0.3, -0.25) is 14.2 Å². The number of carbonyl (C=O) groups excluding carboxylic acids is 1. The molecule has 2 aromatic heterocycles. The Labute approximate surface area is 164 Å². The number of amides is 1. The standard InChI is InChI=1S/C18H18ClN5O2S/c1-10(2)21-15(25)7-13-9-27-18-22-16-14(17(26)23(13)18)8-20-24(16)12-5-3-11(19)4-6-12/h3-6,8,10,13H,7,9H2,1-2H3,(H,21,25). The van der Waals surface area contributed by atoms with Gasteiger partial charge in [0.05, 0.1) is 17.9 Å². The van der Waals surface area contributed by atoms with Crippen LogP contribution in [0, 0.1) is 0 Å². The molecule has 0 saturated heterocycles. The molecule has 0 saturated carbocycles. The minimum atomic E-state index is -0.202. The molecule has 0 aliphatic carbocycles. The number of aromatic nitrogens is 4. The van der Waals surface area contributed by atoms with E-state index in [9.17, 15) is 9.59 Å². The lowest BCUT2D eigenvalue weighted by Crippen LogP contribution is -2.34. The van der Waals surface area contributed by atoms with Crippen LogP contribution in [0.2, 0.25) is 5.02 Å². The van der Waals surface area contributed by atoms with Gasteiger partial charge in [-0.2, -0.15) is 5.10 Å². The maximum absolute atomic E-state index is 13.0. The Bertz CT molecular complexity index is 1070. The van der Waals surface area contributed by atoms with Gasteiger partial charge in [0.1, 0.15) is 5.39 Å². The second-order valence-corrected chi connectivity index (χ2v) is 8.15. The van der Waals surface area contributed by atoms with E-state index in [1.54, 1.807) is 21.4 Å². The summed E-state index contributed by atoms with van der Waals surface area (Å²) in [5, 5.41) is 8.89. The van der Waals surface area contributed by atoms with E-state index in [1.807, 2.05) is 26.0 Å². The smallest absolute Gasteiger partial charge is 0.265 e. The summed E-state index contributed by atoms with van der Waals surface area (Å²) in [5.74, 6) is 0.585. The summed E-state index contributed by atoms with van der Waals surface area (Å²) in [6.45, 7) is 3.83. The number of halogens is 1. The Morgan fingerprint density at radius 3 is 2.81 bits per heavy atom. The Kier molecular flexibility index (Phi) is 4.69. The van der Waals surface area contributed by atoms with E-state index in [1.165, 1.54) is 18.0 Å². The van der Waals surface area contributed by atoms with Gasteiger partial charge in [-0.15, -0.1) is 0 Å². The van der Waals surface area contributed by atoms with E-state index in [0.717, 1.165) is 5.69 Å². The number of rotatable bonds is 4. The lowest BCUT2D eigenvalue weighted by Gasteiger charge is -2.14. The van der Waals surface area contributed by atoms with E-state index >= 15 is 0 Å². The van der Waals surface area contributed by atoms with Crippen LogP contribution in [0.25, 0.3) is 16.7 Å². The van der Waals surface area contributed by atoms with Crippen molar-refractivity contribution in [1.29, 1.82) is 0 Å². The summed E-state index contributed by atoms with van der Waals surface area (Å²) < 4.78 is 3.26. The fourth-order valence-corrected chi connectivity index (χ4v) is 4.40. The number of fused-ring (bicyclic) bond motifs is 2. The predicted molar refractivity (Wildman–Crippen MR) is 106 cm³/mol. The predicted octanol–water partition coefficient (Wildman–Crippen LogP) is 2.80. The van der Waals surface area contributed by atoms with Gasteiger partial charge in [-0.25, -0.2) is 9.67 Å². The number of hydrogen-bond donors (Lipinski definition) is 1. The highest BCUT2D eigenvalue weighted by molar-refractivity contribution is 7.99. The van der Waals surface area contributed by atoms with Crippen molar-refractivity contribution < 1.29 is 4.79 Å². The first-order valence-corrected chi connectivity index (χ1v) is 9.99. The summed E-state index contributed by atoms with van der Waals surface area (Å²) in [6.07, 6.45) is 1.79. The van der Waals surface area contributed by atoms with Crippen molar-refractivity contribution in [3.63, 3.8) is 0 Å². The molecule has 1 atom stereocenters. The maximum atomic E-state index is 13.0. The van der Waals surface area contributed by atoms with Crippen LogP contribution < -0.4 is 10.9 Å². The number of hydrogen-bond acceptors (Lipinski definition) is 5. The topological polar surface area (TPSA) is 81.8 Å². The van der Waals surface area contributed by atoms with Gasteiger partial charge in [0.15, 0.2) is 10.8 Å². The second-order valence-electron chi connectivity index (χ2n) is 6.73. The molecule has 0 fully saturated rings. The Hall–Kier alpha value is -2.32. The molecule has 4 rings (SSSR count). The SMILES string of the molecule is CC(C)NC(=O)CC1CSc2nc3c(cnn3-c3ccc(Cl)cc3)c(=O)n21. The van der Waals surface area contributed by atoms with Crippen molar-refractivity contribution in [2.75, 3.05) is 5.75 Å². The highest BCUT2D eigenvalue weighted by Gasteiger charge is 2.29. The molecule has 1 N–H and O–H groups in total. The van der Waals surface area contributed by atoms with Gasteiger partial charge in [0, 0.05) is 23.2 Å². The van der Waals surface area contributed by atoms with Crippen LogP contribution in [-0.4, -0.2) is 37.0 Å². The summed E-state index contributed by atoms with van der Waals surface area (Å²) in [6, 6.07) is 7.06. The monoisotopic (exact) mass is 403 g/mol. The summed E-state index contributed by atoms with van der Waals surface area (Å²) >= 11 is 7.43. The lowest BCUT2D eigenvalue weighted by atomic mass is 10.2. The molecule has 1 unspecified atom stereocenters. The van der Waals surface area contributed by atoms with Gasteiger partial charge in [0.25, 0.3) is 5.56 Å². The van der Waals surface area contributed by atoms with Crippen LogP contribution in [0.1, 0.15) is 26.3 Å². The van der Waals surface area contributed by atoms with Gasteiger partial charge in [0.2, 0.25) is 5.91 Å². The lowest BCUT2D eigenvalue weighted by molar-refractivity contribution is -0.122. The third kappa shape index (κ3) is 3.35. The average molecular weight is 404 g/mol. The minimum absolute atomic E-state index is 0.0627. The normalized spacial score (nSPS) is 16.1. The van der Waals surface area contributed by atoms with E-state index < -0.39 is 0 Å². The highest BCUT2D eigenvalue weighted by atomic mass is 35.5. The molecule has 9 heteroatoms. The molecule has 0 radical (unpaired) electrons. The molecule has 0 bridgehead atoms. The molecule has 3 aromatic rings. The van der Waals surface area contributed by atoms with E-state index in [0.29, 0.717) is 27.0 Å². The van der Waals surface area contributed by atoms with Crippen LogP contribution >= 0.6 is 23.4 Å². The summed E-state index contributed by atoms with van der Waals surface area (Å²) in [5.41, 5.74) is 1.12. The Morgan fingerprint density at radius 2 is 2.11 bits per heavy atom. The Morgan fingerprint density at radius 1 is 1.37 bits per heavy atom. The molecule has 1 aliphatic rings. The van der Waals surface area contributed by atoms with Gasteiger partial charge in [-0.1, -0.05) is 23.4 Å². The first-order chi connectivity index (χ1) is 12.9. The van der Waals surface area contributed by atoms with Crippen molar-refractivity contribution in [3.05, 3.63) is 45.8 Å². The van der Waals surface area contributed by atoms with Gasteiger partial charge in [-0.05, 0) is 38.1 Å². The van der Waals surface area contributed by atoms with Crippen LogP contribution in [-0.2, 0) is 4.79 Å². The molecule has 3 heterocycles. The molecular formula is C18H18ClN5O2S. The molecule has 0 spiro atoms. The van der Waals surface area contributed by atoms with Crippen LogP contribution in [0.4, 0.5) is 0 Å². The summed E-state index contributed by atoms with van der Waals surface area (Å²) in [4.78, 5) is 29.8. The number of thioether (sulfide) groups is 1. The van der Waals surface area contributed by atoms with Crippen molar-refractivity contribution in [3.8, 4) is 5.69 Å². The van der Waals surface area contributed by atoms with Crippen molar-refractivity contribution in [2.24, 2.45) is 0 Å². The van der Waals surface area contributed by atoms with Crippen molar-refractivity contribution in [2.45, 2.75) is 37.5 Å². The van der Waals surface area contributed by atoms with Crippen LogP contribution in [0.3, 0.4) is 0 Å². The van der Waals surface area contributed by atoms with Crippen molar-refractivity contribution in [1.82, 2.24) is 24.6 Å². The van der Waals surface area contributed by atoms with Crippen LogP contribution in [0.5, 0.6) is 0 Å². The largest absolute Gasteiger partial charge is 0.354 e. The molecule has 1 amide bonds. The maximum Gasteiger partial charge on any atom is 0.265 e. The van der Waals surface area contributed by atoms with E-state index in [4.69, 9.17) is 11.6 Å². The first-order valence-electron chi connectivity index (χ1n) is 8.62. The first kappa shape index (κ1) is 18.1. The van der Waals surface area contributed by atoms with E-state index in [2.05, 4.69) is 15.4 Å². The zero-order chi connectivity index (χ0) is 19.1. The molecule has 1 aliphatic heterocycles. The summed E-state index contributed by atoms with van der Waals surface area (Å²) in [7, 11) is 0. The average Bonchev–Trinajstić information content (AvgIpc) is 3.20. The fraction of sp³-hybridized carbons (Fsp3) is 0.333. The Balaban J connectivity index is 1.74. The molecular weight excluding hydrogens is 386 g/mol. The number of nitrogens with one attached hydrogen (secondary N) is 1.